The molecular weight excluding hydrogens is 324 g/mol. The predicted octanol–water partition coefficient (Wildman–Crippen LogP) is 2.36. The van der Waals surface area contributed by atoms with Crippen LogP contribution in [0.3, 0.4) is 0 Å². The molecule has 0 aliphatic carbocycles. The number of hydrogen-bond acceptors (Lipinski definition) is 2. The van der Waals surface area contributed by atoms with E-state index in [9.17, 15) is 4.79 Å². The molecule has 1 aliphatic heterocycles. The Morgan fingerprint density at radius 3 is 2.46 bits per heavy atom. The van der Waals surface area contributed by atoms with Crippen molar-refractivity contribution in [3.8, 4) is 5.75 Å². The van der Waals surface area contributed by atoms with Crippen molar-refractivity contribution in [3.63, 3.8) is 0 Å². The maximum absolute atomic E-state index is 12.8. The first-order valence-electron chi connectivity index (χ1n) is 9.50. The highest BCUT2D eigenvalue weighted by molar-refractivity contribution is 5.78. The van der Waals surface area contributed by atoms with Gasteiger partial charge in [-0.1, -0.05) is 42.5 Å². The molecule has 0 radical (unpaired) electrons. The molecule has 2 aromatic carbocycles. The second-order valence-corrected chi connectivity index (χ2v) is 7.17. The van der Waals surface area contributed by atoms with E-state index in [0.717, 1.165) is 23.4 Å². The number of hydrogen-bond donors (Lipinski definition) is 2. The van der Waals surface area contributed by atoms with E-state index in [1.165, 1.54) is 24.2 Å². The fourth-order valence-corrected chi connectivity index (χ4v) is 3.73. The summed E-state index contributed by atoms with van der Waals surface area (Å²) < 4.78 is 5.26. The molecule has 2 aromatic rings. The lowest BCUT2D eigenvalue weighted by molar-refractivity contribution is -0.921. The molecule has 3 atom stereocenters. The predicted molar refractivity (Wildman–Crippen MR) is 103 cm³/mol. The molecule has 1 unspecified atom stereocenters. The highest BCUT2D eigenvalue weighted by Crippen LogP contribution is 2.24. The van der Waals surface area contributed by atoms with Crippen molar-refractivity contribution >= 4 is 5.91 Å². The van der Waals surface area contributed by atoms with Crippen LogP contribution in [-0.4, -0.2) is 32.1 Å². The van der Waals surface area contributed by atoms with Crippen LogP contribution in [0.15, 0.2) is 54.6 Å². The third-order valence-corrected chi connectivity index (χ3v) is 5.36. The molecule has 1 aliphatic rings. The van der Waals surface area contributed by atoms with Gasteiger partial charge in [-0.2, -0.15) is 0 Å². The largest absolute Gasteiger partial charge is 0.497 e. The van der Waals surface area contributed by atoms with Crippen molar-refractivity contribution in [2.24, 2.45) is 0 Å². The molecule has 3 rings (SSSR count). The van der Waals surface area contributed by atoms with Gasteiger partial charge < -0.3 is 15.0 Å². The number of ether oxygens (including phenoxy) is 1. The van der Waals surface area contributed by atoms with Gasteiger partial charge in [-0.25, -0.2) is 0 Å². The van der Waals surface area contributed by atoms with E-state index in [0.29, 0.717) is 12.6 Å². The molecule has 0 aromatic heterocycles. The van der Waals surface area contributed by atoms with Gasteiger partial charge in [0.05, 0.1) is 25.7 Å². The van der Waals surface area contributed by atoms with Crippen LogP contribution in [0.25, 0.3) is 0 Å². The zero-order valence-electron chi connectivity index (χ0n) is 15.7. The van der Waals surface area contributed by atoms with Gasteiger partial charge in [-0.05, 0) is 49.4 Å². The quantitative estimate of drug-likeness (QED) is 0.837. The monoisotopic (exact) mass is 353 g/mol. The average Bonchev–Trinajstić information content (AvgIpc) is 2.69. The lowest BCUT2D eigenvalue weighted by Gasteiger charge is -2.30. The second-order valence-electron chi connectivity index (χ2n) is 7.17. The first-order valence-corrected chi connectivity index (χ1v) is 9.50. The van der Waals surface area contributed by atoms with Gasteiger partial charge in [0.15, 0.2) is 6.54 Å². The van der Waals surface area contributed by atoms with Crippen LogP contribution >= 0.6 is 0 Å². The molecule has 1 saturated heterocycles. The van der Waals surface area contributed by atoms with Crippen LogP contribution in [0, 0.1) is 0 Å². The summed E-state index contributed by atoms with van der Waals surface area (Å²) in [7, 11) is 1.66. The van der Waals surface area contributed by atoms with Gasteiger partial charge in [0, 0.05) is 0 Å². The Bertz CT molecular complexity index is 700. The number of nitrogens with one attached hydrogen (secondary N) is 2. The van der Waals surface area contributed by atoms with Crippen molar-refractivity contribution in [2.45, 2.75) is 38.3 Å². The number of rotatable bonds is 6. The average molecular weight is 353 g/mol. The Kier molecular flexibility index (Phi) is 6.29. The normalized spacial score (nSPS) is 21.0. The summed E-state index contributed by atoms with van der Waals surface area (Å²) in [5.74, 6) is 0.928. The lowest BCUT2D eigenvalue weighted by atomic mass is 9.98. The molecule has 26 heavy (non-hydrogen) atoms. The van der Waals surface area contributed by atoms with E-state index in [2.05, 4.69) is 24.4 Å². The fourth-order valence-electron chi connectivity index (χ4n) is 3.73. The van der Waals surface area contributed by atoms with Gasteiger partial charge in [0.2, 0.25) is 0 Å². The maximum Gasteiger partial charge on any atom is 0.275 e. The van der Waals surface area contributed by atoms with Gasteiger partial charge in [0.1, 0.15) is 5.75 Å². The summed E-state index contributed by atoms with van der Waals surface area (Å²) >= 11 is 0. The standard InChI is InChI=1S/C22H28N2O2/c1-17-8-6-7-15-24(17)16-21(25)23-22(18-9-4-3-5-10-18)19-11-13-20(26-2)14-12-19/h3-5,9-14,17,22H,6-8,15-16H2,1-2H3,(H,23,25)/p+1/t17-,22+/m1/s1. The molecule has 0 spiro atoms. The van der Waals surface area contributed by atoms with E-state index >= 15 is 0 Å². The zero-order valence-corrected chi connectivity index (χ0v) is 15.7. The SMILES string of the molecule is COc1ccc([C@@H](NC(=O)C[NH+]2CCCC[C@H]2C)c2ccccc2)cc1. The van der Waals surface area contributed by atoms with Gasteiger partial charge >= 0.3 is 0 Å². The summed E-state index contributed by atoms with van der Waals surface area (Å²) in [6.45, 7) is 3.88. The Morgan fingerprint density at radius 2 is 1.81 bits per heavy atom. The van der Waals surface area contributed by atoms with Crippen molar-refractivity contribution in [3.05, 3.63) is 65.7 Å². The van der Waals surface area contributed by atoms with Crippen molar-refractivity contribution in [2.75, 3.05) is 20.2 Å². The van der Waals surface area contributed by atoms with Crippen LogP contribution in [-0.2, 0) is 4.79 Å². The third kappa shape index (κ3) is 4.64. The molecule has 4 heteroatoms. The van der Waals surface area contributed by atoms with Crippen LogP contribution in [0.2, 0.25) is 0 Å². The van der Waals surface area contributed by atoms with Gasteiger partial charge in [0.25, 0.3) is 5.91 Å². The van der Waals surface area contributed by atoms with Crippen LogP contribution < -0.4 is 15.0 Å². The topological polar surface area (TPSA) is 42.8 Å². The smallest absolute Gasteiger partial charge is 0.275 e. The molecular formula is C22H29N2O2+. The molecule has 0 bridgehead atoms. The molecule has 1 heterocycles. The molecule has 4 nitrogen and oxygen atoms in total. The number of likely N-dealkylation sites (tertiary alicyclic amines) is 1. The Morgan fingerprint density at radius 1 is 1.12 bits per heavy atom. The fraction of sp³-hybridized carbons (Fsp3) is 0.409. The second kappa shape index (κ2) is 8.86. The molecule has 0 saturated carbocycles. The van der Waals surface area contributed by atoms with E-state index in [-0.39, 0.29) is 11.9 Å². The summed E-state index contributed by atoms with van der Waals surface area (Å²) in [4.78, 5) is 14.2. The lowest BCUT2D eigenvalue weighted by Crippen LogP contribution is -3.17. The Labute approximate surface area is 156 Å². The van der Waals surface area contributed by atoms with Crippen LogP contribution in [0.1, 0.15) is 43.4 Å². The Balaban J connectivity index is 1.76. The summed E-state index contributed by atoms with van der Waals surface area (Å²) in [6, 6.07) is 18.5. The molecule has 138 valence electrons. The third-order valence-electron chi connectivity index (χ3n) is 5.36. The van der Waals surface area contributed by atoms with E-state index in [4.69, 9.17) is 4.74 Å². The van der Waals surface area contributed by atoms with Gasteiger partial charge in [-0.15, -0.1) is 0 Å². The molecule has 1 fully saturated rings. The summed E-state index contributed by atoms with van der Waals surface area (Å²) in [5.41, 5.74) is 2.15. The van der Waals surface area contributed by atoms with Gasteiger partial charge in [-0.3, -0.25) is 4.79 Å². The van der Waals surface area contributed by atoms with Crippen LogP contribution in [0.4, 0.5) is 0 Å². The first kappa shape index (κ1) is 18.5. The number of piperidine rings is 1. The highest BCUT2D eigenvalue weighted by Gasteiger charge is 2.26. The molecule has 2 N–H and O–H groups in total. The van der Waals surface area contributed by atoms with E-state index < -0.39 is 0 Å². The van der Waals surface area contributed by atoms with Crippen molar-refractivity contribution < 1.29 is 14.4 Å². The maximum atomic E-state index is 12.8. The Hall–Kier alpha value is -2.33. The molecule has 1 amide bonds. The first-order chi connectivity index (χ1) is 12.7. The van der Waals surface area contributed by atoms with E-state index in [1.807, 2.05) is 42.5 Å². The summed E-state index contributed by atoms with van der Waals surface area (Å²) in [5, 5.41) is 3.25. The number of quaternary nitrogens is 1. The summed E-state index contributed by atoms with van der Waals surface area (Å²) in [6.07, 6.45) is 3.71. The minimum Gasteiger partial charge on any atom is -0.497 e. The van der Waals surface area contributed by atoms with Crippen LogP contribution in [0.5, 0.6) is 5.75 Å². The zero-order chi connectivity index (χ0) is 18.4. The number of benzene rings is 2. The number of carbonyl (C=O) groups is 1. The van der Waals surface area contributed by atoms with Crippen molar-refractivity contribution in [1.82, 2.24) is 5.32 Å². The van der Waals surface area contributed by atoms with Crippen molar-refractivity contribution in [1.29, 1.82) is 0 Å². The number of methoxy groups -OCH3 is 1. The number of amides is 1. The minimum absolute atomic E-state index is 0.110. The van der Waals surface area contributed by atoms with E-state index in [1.54, 1.807) is 7.11 Å². The highest BCUT2D eigenvalue weighted by atomic mass is 16.5. The minimum atomic E-state index is -0.144. The number of carbonyl (C=O) groups excluding carboxylic acids is 1.